The Kier molecular flexibility index (Phi) is 4.72. The van der Waals surface area contributed by atoms with E-state index >= 15 is 0 Å². The number of carboxylic acids is 3. The molecule has 27 heavy (non-hydrogen) atoms. The number of benzene rings is 3. The molecule has 0 radical (unpaired) electrons. The maximum Gasteiger partial charge on any atom is 0.336 e. The van der Waals surface area contributed by atoms with E-state index in [0.717, 1.165) is 0 Å². The fraction of sp³-hybridized carbons (Fsp3) is 0. The van der Waals surface area contributed by atoms with Crippen LogP contribution in [0.2, 0.25) is 0 Å². The number of hydrogen-bond donors (Lipinski definition) is 3. The molecular weight excluding hydrogens is 348 g/mol. The van der Waals surface area contributed by atoms with Gasteiger partial charge in [0.25, 0.3) is 0 Å². The molecule has 0 atom stereocenters. The number of hydrogen-bond acceptors (Lipinski definition) is 3. The monoisotopic (exact) mass is 362 g/mol. The SMILES string of the molecule is O=C(O)c1ccc(-c2cccc(-c3ccc(C(=O)O)cc3)c2C(=O)O)cc1. The van der Waals surface area contributed by atoms with E-state index in [1.165, 1.54) is 24.3 Å². The Morgan fingerprint density at radius 2 is 0.889 bits per heavy atom. The average molecular weight is 362 g/mol. The predicted octanol–water partition coefficient (Wildman–Crippen LogP) is 4.12. The van der Waals surface area contributed by atoms with Crippen LogP contribution in [0.1, 0.15) is 31.1 Å². The summed E-state index contributed by atoms with van der Waals surface area (Å²) in [5.41, 5.74) is 2.30. The predicted molar refractivity (Wildman–Crippen MR) is 98.2 cm³/mol. The van der Waals surface area contributed by atoms with Crippen LogP contribution in [0.3, 0.4) is 0 Å². The largest absolute Gasteiger partial charge is 0.478 e. The van der Waals surface area contributed by atoms with Crippen LogP contribution in [0.5, 0.6) is 0 Å². The zero-order chi connectivity index (χ0) is 19.6. The zero-order valence-corrected chi connectivity index (χ0v) is 13.9. The molecule has 0 heterocycles. The van der Waals surface area contributed by atoms with E-state index in [1.54, 1.807) is 42.5 Å². The lowest BCUT2D eigenvalue weighted by atomic mass is 9.91. The second kappa shape index (κ2) is 7.13. The molecule has 0 spiro atoms. The molecule has 0 aromatic heterocycles. The Balaban J connectivity index is 2.14. The molecule has 0 aliphatic heterocycles. The first-order valence-electron chi connectivity index (χ1n) is 7.92. The Bertz CT molecular complexity index is 958. The lowest BCUT2D eigenvalue weighted by Gasteiger charge is -2.13. The summed E-state index contributed by atoms with van der Waals surface area (Å²) in [7, 11) is 0. The van der Waals surface area contributed by atoms with Crippen molar-refractivity contribution in [2.24, 2.45) is 0 Å². The van der Waals surface area contributed by atoms with Gasteiger partial charge in [0.1, 0.15) is 0 Å². The third-order valence-corrected chi connectivity index (χ3v) is 4.16. The molecule has 0 aliphatic rings. The summed E-state index contributed by atoms with van der Waals surface area (Å²) in [6, 6.07) is 16.9. The topological polar surface area (TPSA) is 112 Å². The first-order valence-corrected chi connectivity index (χ1v) is 7.92. The average Bonchev–Trinajstić information content (AvgIpc) is 2.67. The molecule has 0 fully saturated rings. The molecule has 0 aliphatic carbocycles. The fourth-order valence-electron chi connectivity index (χ4n) is 2.85. The van der Waals surface area contributed by atoms with Gasteiger partial charge >= 0.3 is 17.9 Å². The van der Waals surface area contributed by atoms with Crippen LogP contribution in [0.4, 0.5) is 0 Å². The Morgan fingerprint density at radius 3 is 1.19 bits per heavy atom. The van der Waals surface area contributed by atoms with Gasteiger partial charge in [0.15, 0.2) is 0 Å². The summed E-state index contributed by atoms with van der Waals surface area (Å²) in [5.74, 6) is -3.26. The fourth-order valence-corrected chi connectivity index (χ4v) is 2.85. The third kappa shape index (κ3) is 3.55. The maximum atomic E-state index is 12.0. The van der Waals surface area contributed by atoms with E-state index in [9.17, 15) is 19.5 Å². The summed E-state index contributed by atoms with van der Waals surface area (Å²) in [6.07, 6.45) is 0. The minimum Gasteiger partial charge on any atom is -0.478 e. The van der Waals surface area contributed by atoms with Crippen molar-refractivity contribution in [3.8, 4) is 22.3 Å². The molecule has 0 saturated heterocycles. The van der Waals surface area contributed by atoms with Crippen molar-refractivity contribution in [2.75, 3.05) is 0 Å². The molecule has 0 amide bonds. The summed E-state index contributed by atoms with van der Waals surface area (Å²) < 4.78 is 0. The maximum absolute atomic E-state index is 12.0. The Hall–Kier alpha value is -3.93. The summed E-state index contributed by atoms with van der Waals surface area (Å²) in [5, 5.41) is 27.8. The number of carboxylic acid groups (broad SMARTS) is 3. The minimum atomic E-state index is -1.13. The first-order chi connectivity index (χ1) is 12.9. The molecule has 0 saturated carbocycles. The number of rotatable bonds is 5. The van der Waals surface area contributed by atoms with Gasteiger partial charge in [-0.3, -0.25) is 0 Å². The zero-order valence-electron chi connectivity index (χ0n) is 13.9. The second-order valence-electron chi connectivity index (χ2n) is 5.80. The van der Waals surface area contributed by atoms with E-state index in [4.69, 9.17) is 10.2 Å². The van der Waals surface area contributed by atoms with Gasteiger partial charge in [-0.25, -0.2) is 14.4 Å². The van der Waals surface area contributed by atoms with Crippen molar-refractivity contribution >= 4 is 17.9 Å². The van der Waals surface area contributed by atoms with Crippen molar-refractivity contribution in [2.45, 2.75) is 0 Å². The van der Waals surface area contributed by atoms with Gasteiger partial charge in [-0.1, -0.05) is 42.5 Å². The normalized spacial score (nSPS) is 10.4. The van der Waals surface area contributed by atoms with Crippen LogP contribution in [0.25, 0.3) is 22.3 Å². The highest BCUT2D eigenvalue weighted by atomic mass is 16.4. The van der Waals surface area contributed by atoms with E-state index in [2.05, 4.69) is 0 Å². The van der Waals surface area contributed by atoms with Crippen molar-refractivity contribution in [1.82, 2.24) is 0 Å². The molecule has 6 heteroatoms. The van der Waals surface area contributed by atoms with Crippen molar-refractivity contribution in [3.63, 3.8) is 0 Å². The van der Waals surface area contributed by atoms with Gasteiger partial charge in [0.05, 0.1) is 16.7 Å². The lowest BCUT2D eigenvalue weighted by molar-refractivity contribution is 0.0686. The first kappa shape index (κ1) is 17.9. The lowest BCUT2D eigenvalue weighted by Crippen LogP contribution is -2.03. The van der Waals surface area contributed by atoms with Gasteiger partial charge in [0, 0.05) is 0 Å². The molecule has 0 unspecified atom stereocenters. The highest BCUT2D eigenvalue weighted by Gasteiger charge is 2.18. The van der Waals surface area contributed by atoms with E-state index in [1.807, 2.05) is 0 Å². The quantitative estimate of drug-likeness (QED) is 0.629. The summed E-state index contributed by atoms with van der Waals surface area (Å²) in [6.45, 7) is 0. The van der Waals surface area contributed by atoms with E-state index < -0.39 is 17.9 Å². The highest BCUT2D eigenvalue weighted by Crippen LogP contribution is 2.33. The van der Waals surface area contributed by atoms with E-state index in [0.29, 0.717) is 22.3 Å². The van der Waals surface area contributed by atoms with Gasteiger partial charge in [0.2, 0.25) is 0 Å². The van der Waals surface area contributed by atoms with Crippen molar-refractivity contribution < 1.29 is 29.7 Å². The molecule has 3 rings (SSSR count). The minimum absolute atomic E-state index is 0.0589. The van der Waals surface area contributed by atoms with Crippen LogP contribution in [0.15, 0.2) is 66.7 Å². The van der Waals surface area contributed by atoms with Gasteiger partial charge in [-0.05, 0) is 46.5 Å². The van der Waals surface area contributed by atoms with Crippen molar-refractivity contribution in [3.05, 3.63) is 83.4 Å². The highest BCUT2D eigenvalue weighted by molar-refractivity contribution is 6.03. The van der Waals surface area contributed by atoms with Crippen LogP contribution in [0, 0.1) is 0 Å². The smallest absolute Gasteiger partial charge is 0.336 e. The van der Waals surface area contributed by atoms with Crippen LogP contribution in [-0.4, -0.2) is 33.2 Å². The van der Waals surface area contributed by atoms with Crippen molar-refractivity contribution in [1.29, 1.82) is 0 Å². The van der Waals surface area contributed by atoms with Gasteiger partial charge in [-0.15, -0.1) is 0 Å². The molecule has 134 valence electrons. The molecule has 3 aromatic carbocycles. The van der Waals surface area contributed by atoms with E-state index in [-0.39, 0.29) is 16.7 Å². The molecule has 3 aromatic rings. The number of aromatic carboxylic acids is 3. The van der Waals surface area contributed by atoms with Crippen LogP contribution >= 0.6 is 0 Å². The van der Waals surface area contributed by atoms with Gasteiger partial charge in [-0.2, -0.15) is 0 Å². The molecular formula is C21H14O6. The van der Waals surface area contributed by atoms with Gasteiger partial charge < -0.3 is 15.3 Å². The Morgan fingerprint density at radius 1 is 0.519 bits per heavy atom. The number of carbonyl (C=O) groups is 3. The van der Waals surface area contributed by atoms with Crippen LogP contribution < -0.4 is 0 Å². The van der Waals surface area contributed by atoms with Crippen LogP contribution in [-0.2, 0) is 0 Å². The second-order valence-corrected chi connectivity index (χ2v) is 5.80. The summed E-state index contributed by atoms with van der Waals surface area (Å²) in [4.78, 5) is 34.0. The molecule has 0 bridgehead atoms. The third-order valence-electron chi connectivity index (χ3n) is 4.16. The standard InChI is InChI=1S/C21H14O6/c22-19(23)14-8-4-12(5-9-14)16-2-1-3-17(18(16)21(26)27)13-6-10-15(11-7-13)20(24)25/h1-11H,(H,22,23)(H,24,25)(H,26,27). The Labute approximate surface area is 154 Å². The summed E-state index contributed by atoms with van der Waals surface area (Å²) >= 11 is 0. The molecule has 6 nitrogen and oxygen atoms in total. The molecule has 3 N–H and O–H groups in total.